The van der Waals surface area contributed by atoms with E-state index in [0.717, 1.165) is 17.3 Å². The lowest BCUT2D eigenvalue weighted by atomic mass is 10.1. The Hall–Kier alpha value is -0.0600. The molecule has 0 radical (unpaired) electrons. The van der Waals surface area contributed by atoms with Crippen LogP contribution in [0.25, 0.3) is 0 Å². The van der Waals surface area contributed by atoms with Crippen LogP contribution < -0.4 is 0 Å². The molecule has 78 valence electrons. The summed E-state index contributed by atoms with van der Waals surface area (Å²) in [5.74, 6) is 4.32. The van der Waals surface area contributed by atoms with Crippen molar-refractivity contribution in [3.05, 3.63) is 24.2 Å². The van der Waals surface area contributed by atoms with Gasteiger partial charge < -0.3 is 9.52 Å². The van der Waals surface area contributed by atoms with Crippen molar-refractivity contribution < 1.29 is 9.52 Å². The molecular formula is C10H14O2S2. The highest BCUT2D eigenvalue weighted by molar-refractivity contribution is 8.06. The first-order chi connectivity index (χ1) is 6.86. The van der Waals surface area contributed by atoms with Gasteiger partial charge in [0.2, 0.25) is 0 Å². The lowest BCUT2D eigenvalue weighted by Gasteiger charge is -2.25. The summed E-state index contributed by atoms with van der Waals surface area (Å²) in [5.41, 5.74) is 0. The van der Waals surface area contributed by atoms with Gasteiger partial charge in [0.15, 0.2) is 0 Å². The van der Waals surface area contributed by atoms with Gasteiger partial charge in [0.05, 0.1) is 12.4 Å². The van der Waals surface area contributed by atoms with Crippen molar-refractivity contribution in [2.24, 2.45) is 0 Å². The molecule has 4 heteroatoms. The van der Waals surface area contributed by atoms with Crippen LogP contribution >= 0.6 is 23.5 Å². The predicted molar refractivity (Wildman–Crippen MR) is 62.0 cm³/mol. The molecule has 1 aliphatic heterocycles. The second kappa shape index (κ2) is 5.14. The smallest absolute Gasteiger partial charge is 0.106 e. The Balaban J connectivity index is 1.85. The number of hydrogen-bond acceptors (Lipinski definition) is 4. The highest BCUT2D eigenvalue weighted by atomic mass is 32.2. The zero-order chi connectivity index (χ0) is 9.80. The summed E-state index contributed by atoms with van der Waals surface area (Å²) in [6.45, 7) is 0. The van der Waals surface area contributed by atoms with Crippen LogP contribution in [0, 0.1) is 0 Å². The zero-order valence-corrected chi connectivity index (χ0v) is 9.52. The lowest BCUT2D eigenvalue weighted by Crippen LogP contribution is -2.30. The molecule has 0 bridgehead atoms. The van der Waals surface area contributed by atoms with E-state index >= 15 is 0 Å². The maximum Gasteiger partial charge on any atom is 0.106 e. The van der Waals surface area contributed by atoms with Crippen LogP contribution in [0.3, 0.4) is 0 Å². The average Bonchev–Trinajstić information content (AvgIpc) is 2.72. The van der Waals surface area contributed by atoms with Crippen molar-refractivity contribution in [3.8, 4) is 0 Å². The number of thioether (sulfide) groups is 2. The van der Waals surface area contributed by atoms with Crippen LogP contribution in [0.5, 0.6) is 0 Å². The van der Waals surface area contributed by atoms with Crippen molar-refractivity contribution in [1.29, 1.82) is 0 Å². The number of furan rings is 1. The van der Waals surface area contributed by atoms with Gasteiger partial charge in [0.1, 0.15) is 5.76 Å². The lowest BCUT2D eigenvalue weighted by molar-refractivity contribution is 0.170. The van der Waals surface area contributed by atoms with Gasteiger partial charge in [-0.15, -0.1) is 0 Å². The van der Waals surface area contributed by atoms with E-state index < -0.39 is 0 Å². The molecule has 2 rings (SSSR count). The molecule has 14 heavy (non-hydrogen) atoms. The molecule has 2 nitrogen and oxygen atoms in total. The monoisotopic (exact) mass is 230 g/mol. The van der Waals surface area contributed by atoms with Gasteiger partial charge in [0, 0.05) is 28.9 Å². The molecule has 1 N–H and O–H groups in total. The number of rotatable bonds is 3. The van der Waals surface area contributed by atoms with Gasteiger partial charge in [-0.3, -0.25) is 0 Å². The Morgan fingerprint density at radius 2 is 2.50 bits per heavy atom. The maximum absolute atomic E-state index is 9.95. The van der Waals surface area contributed by atoms with Crippen molar-refractivity contribution in [1.82, 2.24) is 0 Å². The highest BCUT2D eigenvalue weighted by Crippen LogP contribution is 2.27. The largest absolute Gasteiger partial charge is 0.469 e. The third-order valence-corrected chi connectivity index (χ3v) is 5.17. The molecule has 0 spiro atoms. The second-order valence-corrected chi connectivity index (χ2v) is 5.83. The van der Waals surface area contributed by atoms with E-state index in [0.29, 0.717) is 11.7 Å². The SMILES string of the molecule is OC(Cc1ccco1)C1CSCCS1. The molecule has 1 aromatic heterocycles. The Bertz CT molecular complexity index is 255. The predicted octanol–water partition coefficient (Wildman–Crippen LogP) is 2.03. The standard InChI is InChI=1S/C10H14O2S2/c11-9(6-8-2-1-3-12-8)10-7-13-4-5-14-10/h1-3,9-11H,4-7H2. The summed E-state index contributed by atoms with van der Waals surface area (Å²) in [7, 11) is 0. The molecule has 2 atom stereocenters. The molecule has 0 saturated carbocycles. The van der Waals surface area contributed by atoms with Crippen molar-refractivity contribution >= 4 is 23.5 Å². The molecular weight excluding hydrogens is 216 g/mol. The van der Waals surface area contributed by atoms with Gasteiger partial charge in [-0.05, 0) is 12.1 Å². The summed E-state index contributed by atoms with van der Waals surface area (Å²) in [4.78, 5) is 0. The van der Waals surface area contributed by atoms with E-state index in [1.54, 1.807) is 6.26 Å². The minimum atomic E-state index is -0.265. The third-order valence-electron chi connectivity index (χ3n) is 2.26. The minimum absolute atomic E-state index is 0.265. The van der Waals surface area contributed by atoms with Crippen LogP contribution in [0.15, 0.2) is 22.8 Å². The van der Waals surface area contributed by atoms with E-state index in [-0.39, 0.29) is 6.10 Å². The molecule has 0 aliphatic carbocycles. The molecule has 1 fully saturated rings. The summed E-state index contributed by atoms with van der Waals surface area (Å²) >= 11 is 3.81. The Morgan fingerprint density at radius 1 is 1.57 bits per heavy atom. The van der Waals surface area contributed by atoms with Crippen LogP contribution in [-0.2, 0) is 6.42 Å². The van der Waals surface area contributed by atoms with Gasteiger partial charge >= 0.3 is 0 Å². The van der Waals surface area contributed by atoms with Crippen LogP contribution in [0.4, 0.5) is 0 Å². The van der Waals surface area contributed by atoms with Crippen LogP contribution in [0.2, 0.25) is 0 Å². The molecule has 2 unspecified atom stereocenters. The highest BCUT2D eigenvalue weighted by Gasteiger charge is 2.23. The van der Waals surface area contributed by atoms with Crippen LogP contribution in [-0.4, -0.2) is 33.7 Å². The van der Waals surface area contributed by atoms with Crippen molar-refractivity contribution in [2.45, 2.75) is 17.8 Å². The first-order valence-corrected chi connectivity index (χ1v) is 6.96. The Labute approximate surface area is 92.5 Å². The van der Waals surface area contributed by atoms with E-state index in [2.05, 4.69) is 0 Å². The first kappa shape index (κ1) is 10.5. The number of aliphatic hydroxyl groups is 1. The molecule has 1 aromatic rings. The van der Waals surface area contributed by atoms with Gasteiger partial charge in [-0.2, -0.15) is 23.5 Å². The quantitative estimate of drug-likeness (QED) is 0.861. The first-order valence-electron chi connectivity index (χ1n) is 4.76. The summed E-state index contributed by atoms with van der Waals surface area (Å²) in [5, 5.41) is 10.3. The van der Waals surface area contributed by atoms with Gasteiger partial charge in [-0.25, -0.2) is 0 Å². The number of hydrogen-bond donors (Lipinski definition) is 1. The Kier molecular flexibility index (Phi) is 3.84. The van der Waals surface area contributed by atoms with E-state index in [9.17, 15) is 5.11 Å². The summed E-state index contributed by atoms with van der Waals surface area (Å²) in [6, 6.07) is 3.79. The molecule has 0 aromatic carbocycles. The van der Waals surface area contributed by atoms with Crippen molar-refractivity contribution in [3.63, 3.8) is 0 Å². The molecule has 1 saturated heterocycles. The van der Waals surface area contributed by atoms with E-state index in [1.165, 1.54) is 5.75 Å². The molecule has 2 heterocycles. The summed E-state index contributed by atoms with van der Waals surface area (Å²) < 4.78 is 5.22. The fourth-order valence-corrected chi connectivity index (χ4v) is 4.27. The van der Waals surface area contributed by atoms with Crippen molar-refractivity contribution in [2.75, 3.05) is 17.3 Å². The van der Waals surface area contributed by atoms with E-state index in [4.69, 9.17) is 4.42 Å². The zero-order valence-electron chi connectivity index (χ0n) is 7.89. The second-order valence-electron chi connectivity index (χ2n) is 3.33. The average molecular weight is 230 g/mol. The summed E-state index contributed by atoms with van der Waals surface area (Å²) in [6.07, 6.45) is 2.04. The van der Waals surface area contributed by atoms with Crippen LogP contribution in [0.1, 0.15) is 5.76 Å². The topological polar surface area (TPSA) is 33.4 Å². The molecule has 1 aliphatic rings. The maximum atomic E-state index is 9.95. The van der Waals surface area contributed by atoms with E-state index in [1.807, 2.05) is 35.7 Å². The fraction of sp³-hybridized carbons (Fsp3) is 0.600. The third kappa shape index (κ3) is 2.72. The van der Waals surface area contributed by atoms with Gasteiger partial charge in [0.25, 0.3) is 0 Å². The normalized spacial score (nSPS) is 24.8. The molecule has 0 amide bonds. The fourth-order valence-electron chi connectivity index (χ4n) is 1.49. The number of aliphatic hydroxyl groups excluding tert-OH is 1. The minimum Gasteiger partial charge on any atom is -0.469 e. The Morgan fingerprint density at radius 3 is 3.14 bits per heavy atom. The van der Waals surface area contributed by atoms with Gasteiger partial charge in [-0.1, -0.05) is 0 Å².